The van der Waals surface area contributed by atoms with Gasteiger partial charge in [-0.2, -0.15) is 0 Å². The van der Waals surface area contributed by atoms with Gasteiger partial charge in [-0.25, -0.2) is 0 Å². The Balaban J connectivity index is 1.99. The molecule has 0 saturated heterocycles. The van der Waals surface area contributed by atoms with Crippen molar-refractivity contribution in [2.24, 2.45) is 40.4 Å². The standard InChI is InChI=1S/C13H22/c1-7(2)13(5)11-9-8(3)6-12(13,4)10(9)11/h7-11H,6H2,1-5H3. The predicted octanol–water partition coefficient (Wildman–Crippen LogP) is 3.57. The maximum Gasteiger partial charge on any atom is -0.0212 e. The zero-order chi connectivity index (χ0) is 9.59. The van der Waals surface area contributed by atoms with Crippen LogP contribution in [0.2, 0.25) is 0 Å². The molecule has 74 valence electrons. The molecule has 0 radical (unpaired) electrons. The lowest BCUT2D eigenvalue weighted by atomic mass is 9.45. The van der Waals surface area contributed by atoms with Gasteiger partial charge in [-0.3, -0.25) is 0 Å². The van der Waals surface area contributed by atoms with Crippen LogP contribution in [0, 0.1) is 40.4 Å². The first kappa shape index (κ1) is 8.32. The summed E-state index contributed by atoms with van der Waals surface area (Å²) in [5.74, 6) is 5.29. The fraction of sp³-hybridized carbons (Fsp3) is 1.00. The third kappa shape index (κ3) is 0.567. The Bertz CT molecular complexity index is 263. The topological polar surface area (TPSA) is 0 Å². The van der Waals surface area contributed by atoms with Crippen LogP contribution in [0.4, 0.5) is 0 Å². The van der Waals surface area contributed by atoms with Gasteiger partial charge in [0.05, 0.1) is 0 Å². The zero-order valence-corrected chi connectivity index (χ0v) is 9.59. The normalized spacial score (nSPS) is 67.8. The van der Waals surface area contributed by atoms with E-state index >= 15 is 0 Å². The van der Waals surface area contributed by atoms with Crippen molar-refractivity contribution in [3.05, 3.63) is 0 Å². The van der Waals surface area contributed by atoms with Gasteiger partial charge in [0, 0.05) is 0 Å². The third-order valence-electron chi connectivity index (χ3n) is 6.34. The largest absolute Gasteiger partial charge is 0.0622 e. The van der Waals surface area contributed by atoms with Crippen LogP contribution >= 0.6 is 0 Å². The summed E-state index contributed by atoms with van der Waals surface area (Å²) in [5.41, 5.74) is 1.41. The molecule has 6 atom stereocenters. The predicted molar refractivity (Wildman–Crippen MR) is 55.3 cm³/mol. The van der Waals surface area contributed by atoms with Crippen molar-refractivity contribution in [2.45, 2.75) is 41.0 Å². The summed E-state index contributed by atoms with van der Waals surface area (Å²) in [4.78, 5) is 0. The molecule has 6 unspecified atom stereocenters. The molecule has 3 rings (SSSR count). The molecular formula is C13H22. The highest BCUT2D eigenvalue weighted by Gasteiger charge is 2.85. The molecular weight excluding hydrogens is 156 g/mol. The quantitative estimate of drug-likeness (QED) is 0.576. The molecule has 3 aliphatic carbocycles. The molecule has 3 fully saturated rings. The van der Waals surface area contributed by atoms with Crippen LogP contribution in [0.25, 0.3) is 0 Å². The number of fused-ring (bicyclic) bond motifs is 1. The van der Waals surface area contributed by atoms with Gasteiger partial charge in [0.15, 0.2) is 0 Å². The molecule has 0 N–H and O–H groups in total. The van der Waals surface area contributed by atoms with E-state index in [-0.39, 0.29) is 0 Å². The second-order valence-corrected chi connectivity index (χ2v) is 6.67. The Morgan fingerprint density at radius 2 is 1.77 bits per heavy atom. The van der Waals surface area contributed by atoms with Gasteiger partial charge in [0.25, 0.3) is 0 Å². The van der Waals surface area contributed by atoms with Crippen LogP contribution in [-0.2, 0) is 0 Å². The molecule has 0 amide bonds. The second-order valence-electron chi connectivity index (χ2n) is 6.67. The first-order valence-electron chi connectivity index (χ1n) is 5.94. The minimum absolute atomic E-state index is 0.689. The van der Waals surface area contributed by atoms with E-state index in [0.717, 1.165) is 35.0 Å². The van der Waals surface area contributed by atoms with Crippen molar-refractivity contribution >= 4 is 0 Å². The van der Waals surface area contributed by atoms with Gasteiger partial charge in [-0.15, -0.1) is 0 Å². The summed E-state index contributed by atoms with van der Waals surface area (Å²) in [7, 11) is 0. The fourth-order valence-electron chi connectivity index (χ4n) is 5.49. The van der Waals surface area contributed by atoms with Crippen molar-refractivity contribution in [1.29, 1.82) is 0 Å². The van der Waals surface area contributed by atoms with E-state index in [1.165, 1.54) is 6.42 Å². The molecule has 13 heavy (non-hydrogen) atoms. The van der Waals surface area contributed by atoms with Gasteiger partial charge in [-0.05, 0) is 46.8 Å². The Labute approximate surface area is 82.1 Å². The molecule has 0 nitrogen and oxygen atoms in total. The van der Waals surface area contributed by atoms with Gasteiger partial charge >= 0.3 is 0 Å². The van der Waals surface area contributed by atoms with Crippen LogP contribution in [0.3, 0.4) is 0 Å². The summed E-state index contributed by atoms with van der Waals surface area (Å²) in [6.07, 6.45) is 1.51. The molecule has 0 heteroatoms. The van der Waals surface area contributed by atoms with E-state index in [4.69, 9.17) is 0 Å². The minimum Gasteiger partial charge on any atom is -0.0622 e. The van der Waals surface area contributed by atoms with E-state index in [0.29, 0.717) is 5.41 Å². The molecule has 0 aromatic carbocycles. The van der Waals surface area contributed by atoms with Crippen molar-refractivity contribution in [3.63, 3.8) is 0 Å². The van der Waals surface area contributed by atoms with E-state index in [1.807, 2.05) is 0 Å². The summed E-state index contributed by atoms with van der Waals surface area (Å²) >= 11 is 0. The Morgan fingerprint density at radius 1 is 1.15 bits per heavy atom. The van der Waals surface area contributed by atoms with E-state index < -0.39 is 0 Å². The lowest BCUT2D eigenvalue weighted by Crippen LogP contribution is -2.54. The monoisotopic (exact) mass is 178 g/mol. The molecule has 0 bridgehead atoms. The fourth-order valence-corrected chi connectivity index (χ4v) is 5.49. The Kier molecular flexibility index (Phi) is 1.19. The Morgan fingerprint density at radius 3 is 2.08 bits per heavy atom. The third-order valence-corrected chi connectivity index (χ3v) is 6.34. The molecule has 0 aliphatic heterocycles. The smallest absolute Gasteiger partial charge is 0.0212 e. The van der Waals surface area contributed by atoms with Crippen molar-refractivity contribution in [2.75, 3.05) is 0 Å². The van der Waals surface area contributed by atoms with Crippen molar-refractivity contribution in [3.8, 4) is 0 Å². The van der Waals surface area contributed by atoms with Crippen LogP contribution in [0.5, 0.6) is 0 Å². The lowest BCUT2D eigenvalue weighted by molar-refractivity contribution is -0.119. The van der Waals surface area contributed by atoms with Crippen LogP contribution in [0.1, 0.15) is 41.0 Å². The summed E-state index contributed by atoms with van der Waals surface area (Å²) < 4.78 is 0. The molecule has 3 aliphatic rings. The summed E-state index contributed by atoms with van der Waals surface area (Å²) in [6, 6.07) is 0. The van der Waals surface area contributed by atoms with Gasteiger partial charge in [0.2, 0.25) is 0 Å². The maximum absolute atomic E-state index is 2.57. The average Bonchev–Trinajstić information content (AvgIpc) is 2.68. The highest BCUT2D eigenvalue weighted by Crippen LogP contribution is 2.90. The molecule has 0 aromatic heterocycles. The number of rotatable bonds is 1. The SMILES string of the molecule is CC1CC2(C)C3C1C3C2(C)C(C)C. The lowest BCUT2D eigenvalue weighted by Gasteiger charge is -2.59. The molecule has 3 saturated carbocycles. The Hall–Kier alpha value is 0. The van der Waals surface area contributed by atoms with Gasteiger partial charge in [0.1, 0.15) is 0 Å². The van der Waals surface area contributed by atoms with E-state index in [2.05, 4.69) is 34.6 Å². The average molecular weight is 178 g/mol. The highest BCUT2D eigenvalue weighted by atomic mass is 14.9. The summed E-state index contributed by atoms with van der Waals surface area (Å²) in [5, 5.41) is 0. The highest BCUT2D eigenvalue weighted by molar-refractivity contribution is 5.32. The second kappa shape index (κ2) is 1.85. The molecule has 0 aromatic rings. The molecule has 0 heterocycles. The molecule has 0 spiro atoms. The van der Waals surface area contributed by atoms with Gasteiger partial charge < -0.3 is 0 Å². The number of hydrogen-bond acceptors (Lipinski definition) is 0. The minimum atomic E-state index is 0.689. The van der Waals surface area contributed by atoms with E-state index in [9.17, 15) is 0 Å². The number of hydrogen-bond donors (Lipinski definition) is 0. The van der Waals surface area contributed by atoms with Crippen molar-refractivity contribution in [1.82, 2.24) is 0 Å². The van der Waals surface area contributed by atoms with Gasteiger partial charge in [-0.1, -0.05) is 34.6 Å². The van der Waals surface area contributed by atoms with E-state index in [1.54, 1.807) is 0 Å². The van der Waals surface area contributed by atoms with Crippen molar-refractivity contribution < 1.29 is 0 Å². The first-order chi connectivity index (χ1) is 5.94. The maximum atomic E-state index is 2.57. The first-order valence-corrected chi connectivity index (χ1v) is 5.94. The summed E-state index contributed by atoms with van der Waals surface area (Å²) in [6.45, 7) is 12.5. The van der Waals surface area contributed by atoms with Crippen LogP contribution in [-0.4, -0.2) is 0 Å². The van der Waals surface area contributed by atoms with Crippen LogP contribution < -0.4 is 0 Å². The zero-order valence-electron chi connectivity index (χ0n) is 9.59. The van der Waals surface area contributed by atoms with Crippen LogP contribution in [0.15, 0.2) is 0 Å².